The van der Waals surface area contributed by atoms with Gasteiger partial charge in [-0.2, -0.15) is 18.3 Å². The van der Waals surface area contributed by atoms with E-state index in [1.165, 1.54) is 0 Å². The van der Waals surface area contributed by atoms with E-state index in [9.17, 15) is 13.2 Å². The number of halogens is 7. The topological polar surface area (TPSA) is 37.6 Å². The van der Waals surface area contributed by atoms with Gasteiger partial charge >= 0.3 is 6.18 Å². The first-order valence-corrected chi connectivity index (χ1v) is 7.85. The minimum Gasteiger partial charge on any atom is -0.234 e. The van der Waals surface area contributed by atoms with Crippen LogP contribution >= 0.6 is 50.7 Å². The second-order valence-electron chi connectivity index (χ2n) is 4.29. The third-order valence-corrected chi connectivity index (χ3v) is 4.42. The Hall–Kier alpha value is -0.890. The standard InChI is InChI=1S/C13H6BrCl3F3N3/c14-9-3-8(15)1-6(11(9)17)4-22-23-12-10(16)2-7(5-21-12)13(18,19)20/h1-3,5H,4H2. The molecule has 0 saturated heterocycles. The first-order chi connectivity index (χ1) is 10.7. The van der Waals surface area contributed by atoms with Crippen LogP contribution in [0.4, 0.5) is 19.0 Å². The highest BCUT2D eigenvalue weighted by molar-refractivity contribution is 9.10. The highest BCUT2D eigenvalue weighted by Gasteiger charge is 2.31. The van der Waals surface area contributed by atoms with Gasteiger partial charge < -0.3 is 0 Å². The van der Waals surface area contributed by atoms with Crippen LogP contribution in [0.15, 0.2) is 39.1 Å². The monoisotopic (exact) mass is 445 g/mol. The van der Waals surface area contributed by atoms with Crippen molar-refractivity contribution in [3.05, 3.63) is 55.1 Å². The molecule has 0 spiro atoms. The molecule has 0 saturated carbocycles. The maximum Gasteiger partial charge on any atom is 0.417 e. The van der Waals surface area contributed by atoms with E-state index in [0.29, 0.717) is 26.3 Å². The summed E-state index contributed by atoms with van der Waals surface area (Å²) in [7, 11) is 0. The summed E-state index contributed by atoms with van der Waals surface area (Å²) in [6.07, 6.45) is -3.88. The zero-order valence-electron chi connectivity index (χ0n) is 11.0. The molecule has 2 rings (SSSR count). The fourth-order valence-electron chi connectivity index (χ4n) is 1.56. The van der Waals surface area contributed by atoms with Gasteiger partial charge in [0.1, 0.15) is 0 Å². The van der Waals surface area contributed by atoms with E-state index in [2.05, 4.69) is 31.1 Å². The summed E-state index contributed by atoms with van der Waals surface area (Å²) < 4.78 is 38.1. The second-order valence-corrected chi connectivity index (χ2v) is 6.36. The van der Waals surface area contributed by atoms with E-state index in [-0.39, 0.29) is 17.4 Å². The molecule has 0 fully saturated rings. The van der Waals surface area contributed by atoms with Crippen molar-refractivity contribution in [1.29, 1.82) is 0 Å². The lowest BCUT2D eigenvalue weighted by atomic mass is 10.2. The molecule has 23 heavy (non-hydrogen) atoms. The SMILES string of the molecule is FC(F)(F)c1cnc(N=NCc2cc(Cl)cc(Br)c2Cl)c(Cl)c1. The van der Waals surface area contributed by atoms with E-state index < -0.39 is 11.7 Å². The average Bonchev–Trinajstić information content (AvgIpc) is 2.44. The quantitative estimate of drug-likeness (QED) is 0.365. The molecule has 1 aromatic heterocycles. The Kier molecular flexibility index (Phi) is 5.89. The molecule has 1 heterocycles. The summed E-state index contributed by atoms with van der Waals surface area (Å²) in [5.41, 5.74) is -0.360. The summed E-state index contributed by atoms with van der Waals surface area (Å²) in [5.74, 6) is -0.114. The maximum absolute atomic E-state index is 12.5. The van der Waals surface area contributed by atoms with Gasteiger partial charge in [-0.05, 0) is 39.7 Å². The Morgan fingerprint density at radius 2 is 1.83 bits per heavy atom. The number of pyridine rings is 1. The molecule has 0 N–H and O–H groups in total. The average molecular weight is 447 g/mol. The number of azo groups is 1. The molecule has 3 nitrogen and oxygen atoms in total. The van der Waals surface area contributed by atoms with Crippen LogP contribution in [0.5, 0.6) is 0 Å². The summed E-state index contributed by atoms with van der Waals surface area (Å²) in [6.45, 7) is 0.0665. The molecular formula is C13H6BrCl3F3N3. The predicted octanol–water partition coefficient (Wildman–Crippen LogP) is 7.11. The van der Waals surface area contributed by atoms with E-state index in [4.69, 9.17) is 34.8 Å². The number of benzene rings is 1. The van der Waals surface area contributed by atoms with Gasteiger partial charge in [-0.1, -0.05) is 34.8 Å². The van der Waals surface area contributed by atoms with Crippen LogP contribution in [0.1, 0.15) is 11.1 Å². The van der Waals surface area contributed by atoms with E-state index in [1.807, 2.05) is 0 Å². The lowest BCUT2D eigenvalue weighted by Gasteiger charge is -2.06. The third-order valence-electron chi connectivity index (χ3n) is 2.62. The Bertz CT molecular complexity index is 766. The molecule has 0 aliphatic carbocycles. The minimum atomic E-state index is -4.52. The van der Waals surface area contributed by atoms with Crippen LogP contribution in [0.3, 0.4) is 0 Å². The third kappa shape index (κ3) is 4.79. The number of nitrogens with zero attached hydrogens (tertiary/aromatic N) is 3. The first-order valence-electron chi connectivity index (χ1n) is 5.92. The fraction of sp³-hybridized carbons (Fsp3) is 0.154. The van der Waals surface area contributed by atoms with Crippen molar-refractivity contribution in [2.24, 2.45) is 10.2 Å². The molecular weight excluding hydrogens is 441 g/mol. The molecule has 0 unspecified atom stereocenters. The molecule has 0 aliphatic rings. The molecule has 0 aliphatic heterocycles. The maximum atomic E-state index is 12.5. The van der Waals surface area contributed by atoms with Crippen molar-refractivity contribution in [3.8, 4) is 0 Å². The number of hydrogen-bond donors (Lipinski definition) is 0. The molecule has 0 atom stereocenters. The Morgan fingerprint density at radius 1 is 1.13 bits per heavy atom. The normalized spacial score (nSPS) is 12.1. The van der Waals surface area contributed by atoms with Crippen LogP contribution in [0.25, 0.3) is 0 Å². The van der Waals surface area contributed by atoms with Gasteiger partial charge in [0, 0.05) is 15.7 Å². The lowest BCUT2D eigenvalue weighted by molar-refractivity contribution is -0.137. The minimum absolute atomic E-state index is 0.0665. The van der Waals surface area contributed by atoms with E-state index >= 15 is 0 Å². The van der Waals surface area contributed by atoms with Crippen molar-refractivity contribution >= 4 is 56.6 Å². The molecule has 122 valence electrons. The van der Waals surface area contributed by atoms with Gasteiger partial charge in [-0.15, -0.1) is 5.11 Å². The summed E-state index contributed by atoms with van der Waals surface area (Å²) in [4.78, 5) is 3.55. The van der Waals surface area contributed by atoms with Crippen LogP contribution in [0, 0.1) is 0 Å². The van der Waals surface area contributed by atoms with Crippen molar-refractivity contribution in [2.75, 3.05) is 0 Å². The second kappa shape index (κ2) is 7.34. The molecule has 2 aromatic rings. The molecule has 0 radical (unpaired) electrons. The molecule has 10 heteroatoms. The Balaban J connectivity index is 2.19. The lowest BCUT2D eigenvalue weighted by Crippen LogP contribution is -2.05. The van der Waals surface area contributed by atoms with Crippen molar-refractivity contribution in [3.63, 3.8) is 0 Å². The van der Waals surface area contributed by atoms with Gasteiger partial charge in [0.15, 0.2) is 5.82 Å². The van der Waals surface area contributed by atoms with Gasteiger partial charge in [0.25, 0.3) is 0 Å². The van der Waals surface area contributed by atoms with Gasteiger partial charge in [-0.25, -0.2) is 4.98 Å². The van der Waals surface area contributed by atoms with E-state index in [1.54, 1.807) is 12.1 Å². The predicted molar refractivity (Wildman–Crippen MR) is 86.6 cm³/mol. The van der Waals surface area contributed by atoms with Crippen molar-refractivity contribution < 1.29 is 13.2 Å². The highest BCUT2D eigenvalue weighted by atomic mass is 79.9. The summed E-state index contributed by atoms with van der Waals surface area (Å²) in [6, 6.07) is 3.97. The van der Waals surface area contributed by atoms with Crippen LogP contribution in [0.2, 0.25) is 15.1 Å². The largest absolute Gasteiger partial charge is 0.417 e. The van der Waals surface area contributed by atoms with Crippen LogP contribution in [-0.4, -0.2) is 4.98 Å². The smallest absolute Gasteiger partial charge is 0.234 e. The van der Waals surface area contributed by atoms with Crippen molar-refractivity contribution in [2.45, 2.75) is 12.7 Å². The molecule has 0 bridgehead atoms. The fourth-order valence-corrected chi connectivity index (χ4v) is 2.81. The molecule has 1 aromatic carbocycles. The number of aromatic nitrogens is 1. The van der Waals surface area contributed by atoms with Crippen LogP contribution < -0.4 is 0 Å². The highest BCUT2D eigenvalue weighted by Crippen LogP contribution is 2.34. The number of hydrogen-bond acceptors (Lipinski definition) is 3. The van der Waals surface area contributed by atoms with E-state index in [0.717, 1.165) is 6.07 Å². The van der Waals surface area contributed by atoms with Crippen LogP contribution in [-0.2, 0) is 12.7 Å². The Morgan fingerprint density at radius 3 is 2.43 bits per heavy atom. The van der Waals surface area contributed by atoms with Crippen molar-refractivity contribution in [1.82, 2.24) is 4.98 Å². The van der Waals surface area contributed by atoms with Gasteiger partial charge in [-0.3, -0.25) is 0 Å². The number of alkyl halides is 3. The van der Waals surface area contributed by atoms with Gasteiger partial charge in [0.2, 0.25) is 0 Å². The zero-order valence-corrected chi connectivity index (χ0v) is 14.9. The summed E-state index contributed by atoms with van der Waals surface area (Å²) in [5, 5.41) is 8.19. The Labute approximate surface area is 152 Å². The van der Waals surface area contributed by atoms with Gasteiger partial charge in [0.05, 0.1) is 22.2 Å². The zero-order chi connectivity index (χ0) is 17.2. The number of rotatable bonds is 3. The first kappa shape index (κ1) is 18.4. The molecule has 0 amide bonds. The summed E-state index contributed by atoms with van der Waals surface area (Å²) >= 11 is 20.9.